The van der Waals surface area contributed by atoms with Crippen molar-refractivity contribution in [2.24, 2.45) is 5.41 Å². The number of aromatic nitrogens is 1. The number of rotatable bonds is 5. The standard InChI is InChI=1S/C13H23N3O3/c1-8(17)6-13(4,5)7-14-12(18)15-11-9(2)16-19-10(11)3/h8,17H,6-7H2,1-5H3,(H2,14,15,18)/t8-/m1/s1. The number of amides is 2. The Labute approximate surface area is 113 Å². The van der Waals surface area contributed by atoms with Crippen LogP contribution in [-0.4, -0.2) is 28.9 Å². The first kappa shape index (κ1) is 15.5. The van der Waals surface area contributed by atoms with Crippen molar-refractivity contribution in [3.63, 3.8) is 0 Å². The molecule has 6 heteroatoms. The van der Waals surface area contributed by atoms with Gasteiger partial charge in [-0.15, -0.1) is 0 Å². The second-order valence-corrected chi connectivity index (χ2v) is 5.72. The highest BCUT2D eigenvalue weighted by Gasteiger charge is 2.21. The van der Waals surface area contributed by atoms with E-state index in [9.17, 15) is 9.90 Å². The minimum atomic E-state index is -0.387. The molecule has 1 heterocycles. The molecule has 19 heavy (non-hydrogen) atoms. The SMILES string of the molecule is Cc1noc(C)c1NC(=O)NCC(C)(C)C[C@@H](C)O. The predicted molar refractivity (Wildman–Crippen MR) is 73.1 cm³/mol. The van der Waals surface area contributed by atoms with Gasteiger partial charge in [0.2, 0.25) is 0 Å². The normalized spacial score (nSPS) is 13.2. The van der Waals surface area contributed by atoms with E-state index >= 15 is 0 Å². The summed E-state index contributed by atoms with van der Waals surface area (Å²) < 4.78 is 4.97. The first-order valence-corrected chi connectivity index (χ1v) is 6.37. The third-order valence-corrected chi connectivity index (χ3v) is 2.85. The average molecular weight is 269 g/mol. The zero-order chi connectivity index (χ0) is 14.6. The van der Waals surface area contributed by atoms with Gasteiger partial charge in [-0.1, -0.05) is 19.0 Å². The molecule has 0 aliphatic carbocycles. The summed E-state index contributed by atoms with van der Waals surface area (Å²) in [6.45, 7) is 9.72. The number of anilines is 1. The Kier molecular flexibility index (Phi) is 4.94. The zero-order valence-electron chi connectivity index (χ0n) is 12.2. The molecule has 0 aromatic carbocycles. The number of aryl methyl sites for hydroxylation is 2. The van der Waals surface area contributed by atoms with E-state index in [1.807, 2.05) is 13.8 Å². The molecule has 0 radical (unpaired) electrons. The van der Waals surface area contributed by atoms with E-state index in [2.05, 4.69) is 15.8 Å². The maximum atomic E-state index is 11.8. The Morgan fingerprint density at radius 2 is 2.11 bits per heavy atom. The van der Waals surface area contributed by atoms with Crippen LogP contribution in [-0.2, 0) is 0 Å². The van der Waals surface area contributed by atoms with Crippen LogP contribution in [0, 0.1) is 19.3 Å². The van der Waals surface area contributed by atoms with Crippen LogP contribution in [0.15, 0.2) is 4.52 Å². The number of carbonyl (C=O) groups is 1. The van der Waals surface area contributed by atoms with Crippen molar-refractivity contribution in [1.82, 2.24) is 10.5 Å². The third-order valence-electron chi connectivity index (χ3n) is 2.85. The summed E-state index contributed by atoms with van der Waals surface area (Å²) in [7, 11) is 0. The second kappa shape index (κ2) is 6.06. The highest BCUT2D eigenvalue weighted by Crippen LogP contribution is 2.21. The van der Waals surface area contributed by atoms with Crippen LogP contribution < -0.4 is 10.6 Å². The molecule has 1 aromatic heterocycles. The van der Waals surface area contributed by atoms with E-state index in [4.69, 9.17) is 4.52 Å². The number of aliphatic hydroxyl groups excluding tert-OH is 1. The van der Waals surface area contributed by atoms with Crippen molar-refractivity contribution in [2.75, 3.05) is 11.9 Å². The predicted octanol–water partition coefficient (Wildman–Crippen LogP) is 2.21. The summed E-state index contributed by atoms with van der Waals surface area (Å²) in [6, 6.07) is -0.298. The van der Waals surface area contributed by atoms with Gasteiger partial charge >= 0.3 is 6.03 Å². The fourth-order valence-electron chi connectivity index (χ4n) is 2.01. The Morgan fingerprint density at radius 1 is 1.47 bits per heavy atom. The van der Waals surface area contributed by atoms with Gasteiger partial charge in [0.1, 0.15) is 11.4 Å². The van der Waals surface area contributed by atoms with Crippen molar-refractivity contribution in [2.45, 2.75) is 47.1 Å². The van der Waals surface area contributed by atoms with Gasteiger partial charge in [0.05, 0.1) is 6.10 Å². The molecule has 1 rings (SSSR count). The van der Waals surface area contributed by atoms with E-state index in [1.165, 1.54) is 0 Å². The van der Waals surface area contributed by atoms with Gasteiger partial charge in [0.15, 0.2) is 5.76 Å². The molecular formula is C13H23N3O3. The summed E-state index contributed by atoms with van der Waals surface area (Å²) in [5, 5.41) is 18.7. The smallest absolute Gasteiger partial charge is 0.319 e. The molecule has 0 saturated carbocycles. The first-order chi connectivity index (χ1) is 8.71. The summed E-state index contributed by atoms with van der Waals surface area (Å²) in [5.41, 5.74) is 1.09. The Morgan fingerprint density at radius 3 is 2.58 bits per heavy atom. The highest BCUT2D eigenvalue weighted by atomic mass is 16.5. The molecule has 0 unspecified atom stereocenters. The summed E-state index contributed by atoms with van der Waals surface area (Å²) in [4.78, 5) is 11.8. The van der Waals surface area contributed by atoms with Crippen LogP contribution in [0.25, 0.3) is 0 Å². The Bertz CT molecular complexity index is 419. The average Bonchev–Trinajstić information content (AvgIpc) is 2.57. The van der Waals surface area contributed by atoms with Gasteiger partial charge in [-0.05, 0) is 32.6 Å². The third kappa shape index (κ3) is 4.90. The quantitative estimate of drug-likeness (QED) is 0.764. The molecule has 0 bridgehead atoms. The van der Waals surface area contributed by atoms with Crippen LogP contribution in [0.4, 0.5) is 10.5 Å². The zero-order valence-corrected chi connectivity index (χ0v) is 12.2. The van der Waals surface area contributed by atoms with Crippen molar-refractivity contribution in [1.29, 1.82) is 0 Å². The van der Waals surface area contributed by atoms with Gasteiger partial charge in [-0.3, -0.25) is 0 Å². The lowest BCUT2D eigenvalue weighted by molar-refractivity contribution is 0.129. The topological polar surface area (TPSA) is 87.4 Å². The lowest BCUT2D eigenvalue weighted by Gasteiger charge is -2.26. The van der Waals surface area contributed by atoms with Crippen molar-refractivity contribution in [3.8, 4) is 0 Å². The molecule has 1 aromatic rings. The van der Waals surface area contributed by atoms with E-state index < -0.39 is 0 Å². The molecule has 1 atom stereocenters. The maximum absolute atomic E-state index is 11.8. The van der Waals surface area contributed by atoms with Crippen LogP contribution in [0.1, 0.15) is 38.6 Å². The summed E-state index contributed by atoms with van der Waals surface area (Å²) in [5.74, 6) is 0.580. The van der Waals surface area contributed by atoms with E-state index in [0.29, 0.717) is 30.1 Å². The monoisotopic (exact) mass is 269 g/mol. The molecule has 6 nitrogen and oxygen atoms in total. The minimum absolute atomic E-state index is 0.162. The van der Waals surface area contributed by atoms with Gasteiger partial charge in [0, 0.05) is 6.54 Å². The molecule has 108 valence electrons. The molecular weight excluding hydrogens is 246 g/mol. The van der Waals surface area contributed by atoms with Gasteiger partial charge in [-0.2, -0.15) is 0 Å². The van der Waals surface area contributed by atoms with Gasteiger partial charge in [0.25, 0.3) is 0 Å². The lowest BCUT2D eigenvalue weighted by Crippen LogP contribution is -2.38. The molecule has 0 aliphatic heterocycles. The van der Waals surface area contributed by atoms with Crippen molar-refractivity contribution >= 4 is 11.7 Å². The molecule has 0 saturated heterocycles. The molecule has 3 N–H and O–H groups in total. The fourth-order valence-corrected chi connectivity index (χ4v) is 2.01. The number of urea groups is 1. The van der Waals surface area contributed by atoms with Crippen molar-refractivity contribution in [3.05, 3.63) is 11.5 Å². The number of carbonyl (C=O) groups excluding carboxylic acids is 1. The largest absolute Gasteiger partial charge is 0.393 e. The van der Waals surface area contributed by atoms with E-state index in [-0.39, 0.29) is 17.6 Å². The number of hydrogen-bond acceptors (Lipinski definition) is 4. The Balaban J connectivity index is 2.49. The summed E-state index contributed by atoms with van der Waals surface area (Å²) >= 11 is 0. The summed E-state index contributed by atoms with van der Waals surface area (Å²) in [6.07, 6.45) is 0.237. The van der Waals surface area contributed by atoms with Crippen LogP contribution in [0.2, 0.25) is 0 Å². The lowest BCUT2D eigenvalue weighted by atomic mass is 9.87. The van der Waals surface area contributed by atoms with Crippen molar-refractivity contribution < 1.29 is 14.4 Å². The van der Waals surface area contributed by atoms with E-state index in [0.717, 1.165) is 0 Å². The van der Waals surface area contributed by atoms with Crippen LogP contribution >= 0.6 is 0 Å². The molecule has 0 fully saturated rings. The molecule has 2 amide bonds. The number of aliphatic hydroxyl groups is 1. The number of nitrogens with zero attached hydrogens (tertiary/aromatic N) is 1. The Hall–Kier alpha value is -1.56. The van der Waals surface area contributed by atoms with E-state index in [1.54, 1.807) is 20.8 Å². The first-order valence-electron chi connectivity index (χ1n) is 6.37. The second-order valence-electron chi connectivity index (χ2n) is 5.72. The maximum Gasteiger partial charge on any atom is 0.319 e. The van der Waals surface area contributed by atoms with Crippen LogP contribution in [0.3, 0.4) is 0 Å². The minimum Gasteiger partial charge on any atom is -0.393 e. The van der Waals surface area contributed by atoms with Crippen LogP contribution in [0.5, 0.6) is 0 Å². The van der Waals surface area contributed by atoms with Gasteiger partial charge < -0.3 is 20.3 Å². The fraction of sp³-hybridized carbons (Fsp3) is 0.692. The number of nitrogens with one attached hydrogen (secondary N) is 2. The number of hydrogen-bond donors (Lipinski definition) is 3. The molecule has 0 aliphatic rings. The van der Waals surface area contributed by atoms with Gasteiger partial charge in [-0.25, -0.2) is 4.79 Å². The molecule has 0 spiro atoms. The highest BCUT2D eigenvalue weighted by molar-refractivity contribution is 5.90.